The summed E-state index contributed by atoms with van der Waals surface area (Å²) >= 11 is 1.37. The van der Waals surface area contributed by atoms with Gasteiger partial charge in [-0.05, 0) is 36.2 Å². The van der Waals surface area contributed by atoms with E-state index in [2.05, 4.69) is 6.92 Å². The lowest BCUT2D eigenvalue weighted by molar-refractivity contribution is 0.102. The second-order valence-corrected chi connectivity index (χ2v) is 5.67. The predicted octanol–water partition coefficient (Wildman–Crippen LogP) is 4.75. The number of carbonyl (C=O) groups is 1. The van der Waals surface area contributed by atoms with E-state index in [4.69, 9.17) is 0 Å². The summed E-state index contributed by atoms with van der Waals surface area (Å²) in [6, 6.07) is 14.1. The molecular formula is C17H17FOS. The Hall–Kier alpha value is -1.61. The van der Waals surface area contributed by atoms with Crippen molar-refractivity contribution in [2.75, 3.05) is 5.75 Å². The Bertz CT molecular complexity index is 595. The average molecular weight is 288 g/mol. The number of benzene rings is 2. The Morgan fingerprint density at radius 1 is 1.15 bits per heavy atom. The number of ketones is 1. The van der Waals surface area contributed by atoms with Gasteiger partial charge in [0.1, 0.15) is 5.82 Å². The fraction of sp³-hybridized carbons (Fsp3) is 0.235. The van der Waals surface area contributed by atoms with Gasteiger partial charge in [-0.15, -0.1) is 11.8 Å². The topological polar surface area (TPSA) is 17.1 Å². The van der Waals surface area contributed by atoms with Crippen molar-refractivity contribution >= 4 is 17.5 Å². The van der Waals surface area contributed by atoms with Gasteiger partial charge in [0.15, 0.2) is 5.78 Å². The van der Waals surface area contributed by atoms with Crippen LogP contribution in [-0.4, -0.2) is 11.5 Å². The molecule has 0 aliphatic rings. The maximum atomic E-state index is 13.1. The molecule has 0 saturated carbocycles. The van der Waals surface area contributed by atoms with Crippen LogP contribution in [0.2, 0.25) is 0 Å². The van der Waals surface area contributed by atoms with Crippen LogP contribution in [0.5, 0.6) is 0 Å². The van der Waals surface area contributed by atoms with Crippen molar-refractivity contribution in [3.63, 3.8) is 0 Å². The van der Waals surface area contributed by atoms with Gasteiger partial charge in [0.25, 0.3) is 0 Å². The fourth-order valence-electron chi connectivity index (χ4n) is 1.98. The van der Waals surface area contributed by atoms with Gasteiger partial charge in [-0.1, -0.05) is 37.6 Å². The molecule has 0 unspecified atom stereocenters. The second-order valence-electron chi connectivity index (χ2n) is 4.62. The highest BCUT2D eigenvalue weighted by Crippen LogP contribution is 2.20. The molecule has 0 saturated heterocycles. The van der Waals surface area contributed by atoms with Crippen molar-refractivity contribution < 1.29 is 9.18 Å². The van der Waals surface area contributed by atoms with Crippen LogP contribution in [0, 0.1) is 5.82 Å². The Morgan fingerprint density at radius 3 is 2.70 bits per heavy atom. The highest BCUT2D eigenvalue weighted by molar-refractivity contribution is 8.00. The first-order chi connectivity index (χ1) is 9.69. The molecule has 0 atom stereocenters. The van der Waals surface area contributed by atoms with Gasteiger partial charge in [0.2, 0.25) is 0 Å². The minimum absolute atomic E-state index is 0.0808. The van der Waals surface area contributed by atoms with Crippen LogP contribution in [0.4, 0.5) is 4.39 Å². The molecule has 2 aromatic carbocycles. The summed E-state index contributed by atoms with van der Waals surface area (Å²) in [4.78, 5) is 12.9. The molecular weight excluding hydrogens is 271 g/mol. The standard InChI is InChI=1S/C17H17FOS/c1-2-5-13-6-3-7-14(10-13)17(19)12-20-16-9-4-8-15(18)11-16/h3-4,6-11H,2,5,12H2,1H3. The van der Waals surface area contributed by atoms with Crippen LogP contribution in [-0.2, 0) is 6.42 Å². The number of thioether (sulfide) groups is 1. The molecule has 3 heteroatoms. The number of halogens is 1. The van der Waals surface area contributed by atoms with E-state index in [9.17, 15) is 9.18 Å². The van der Waals surface area contributed by atoms with E-state index in [1.807, 2.05) is 30.3 Å². The Morgan fingerprint density at radius 2 is 1.95 bits per heavy atom. The number of rotatable bonds is 6. The molecule has 0 heterocycles. The third-order valence-electron chi connectivity index (χ3n) is 2.95. The highest BCUT2D eigenvalue weighted by atomic mass is 32.2. The van der Waals surface area contributed by atoms with Crippen LogP contribution < -0.4 is 0 Å². The summed E-state index contributed by atoms with van der Waals surface area (Å²) in [6.45, 7) is 2.12. The molecule has 0 aromatic heterocycles. The van der Waals surface area contributed by atoms with Gasteiger partial charge in [0.05, 0.1) is 5.75 Å². The highest BCUT2D eigenvalue weighted by Gasteiger charge is 2.07. The minimum Gasteiger partial charge on any atom is -0.293 e. The van der Waals surface area contributed by atoms with Crippen molar-refractivity contribution in [2.45, 2.75) is 24.7 Å². The third-order valence-corrected chi connectivity index (χ3v) is 3.95. The molecule has 2 rings (SSSR count). The monoisotopic (exact) mass is 288 g/mol. The normalized spacial score (nSPS) is 10.5. The van der Waals surface area contributed by atoms with Gasteiger partial charge < -0.3 is 0 Å². The van der Waals surface area contributed by atoms with Gasteiger partial charge in [-0.25, -0.2) is 4.39 Å². The lowest BCUT2D eigenvalue weighted by Crippen LogP contribution is -2.03. The molecule has 0 bridgehead atoms. The maximum Gasteiger partial charge on any atom is 0.173 e. The fourth-order valence-corrected chi connectivity index (χ4v) is 2.81. The number of Topliss-reactive ketones (excluding diaryl/α,β-unsaturated/α-hetero) is 1. The summed E-state index contributed by atoms with van der Waals surface area (Å²) in [5.41, 5.74) is 1.92. The molecule has 0 amide bonds. The van der Waals surface area contributed by atoms with Crippen LogP contribution in [0.15, 0.2) is 53.4 Å². The van der Waals surface area contributed by atoms with Crippen molar-refractivity contribution in [3.05, 3.63) is 65.5 Å². The van der Waals surface area contributed by atoms with Gasteiger partial charge in [-0.2, -0.15) is 0 Å². The van der Waals surface area contributed by atoms with Crippen LogP contribution in [0.25, 0.3) is 0 Å². The van der Waals surface area contributed by atoms with Crippen molar-refractivity contribution in [1.82, 2.24) is 0 Å². The SMILES string of the molecule is CCCc1cccc(C(=O)CSc2cccc(F)c2)c1. The smallest absolute Gasteiger partial charge is 0.173 e. The van der Waals surface area contributed by atoms with E-state index in [-0.39, 0.29) is 11.6 Å². The largest absolute Gasteiger partial charge is 0.293 e. The van der Waals surface area contributed by atoms with Crippen LogP contribution in [0.1, 0.15) is 29.3 Å². The zero-order valence-electron chi connectivity index (χ0n) is 11.4. The first kappa shape index (κ1) is 14.8. The molecule has 1 nitrogen and oxygen atoms in total. The van der Waals surface area contributed by atoms with E-state index in [1.54, 1.807) is 6.07 Å². The van der Waals surface area contributed by atoms with Gasteiger partial charge in [-0.3, -0.25) is 4.79 Å². The molecule has 20 heavy (non-hydrogen) atoms. The Kier molecular flexibility index (Phi) is 5.36. The Labute approximate surface area is 123 Å². The Balaban J connectivity index is 1.99. The minimum atomic E-state index is -0.271. The lowest BCUT2D eigenvalue weighted by Gasteiger charge is -2.04. The summed E-state index contributed by atoms with van der Waals surface area (Å²) in [6.07, 6.45) is 2.05. The average Bonchev–Trinajstić information content (AvgIpc) is 2.45. The van der Waals surface area contributed by atoms with E-state index in [0.717, 1.165) is 23.3 Å². The van der Waals surface area contributed by atoms with E-state index < -0.39 is 0 Å². The number of aryl methyl sites for hydroxylation is 1. The summed E-state index contributed by atoms with van der Waals surface area (Å²) in [7, 11) is 0. The van der Waals surface area contributed by atoms with Crippen molar-refractivity contribution in [2.24, 2.45) is 0 Å². The van der Waals surface area contributed by atoms with Crippen molar-refractivity contribution in [1.29, 1.82) is 0 Å². The molecule has 0 aliphatic heterocycles. The summed E-state index contributed by atoms with van der Waals surface area (Å²) in [5, 5.41) is 0. The van der Waals surface area contributed by atoms with Gasteiger partial charge in [0, 0.05) is 10.5 Å². The van der Waals surface area contributed by atoms with Crippen molar-refractivity contribution in [3.8, 4) is 0 Å². The summed E-state index contributed by atoms with van der Waals surface area (Å²) < 4.78 is 13.1. The molecule has 0 fully saturated rings. The van der Waals surface area contributed by atoms with E-state index >= 15 is 0 Å². The van der Waals surface area contributed by atoms with E-state index in [0.29, 0.717) is 5.75 Å². The zero-order valence-corrected chi connectivity index (χ0v) is 12.3. The third kappa shape index (κ3) is 4.20. The predicted molar refractivity (Wildman–Crippen MR) is 81.9 cm³/mol. The number of carbonyl (C=O) groups excluding carboxylic acids is 1. The number of hydrogen-bond donors (Lipinski definition) is 0. The molecule has 0 radical (unpaired) electrons. The molecule has 104 valence electrons. The molecule has 0 aliphatic carbocycles. The van der Waals surface area contributed by atoms with Gasteiger partial charge >= 0.3 is 0 Å². The molecule has 0 spiro atoms. The molecule has 2 aromatic rings. The first-order valence-electron chi connectivity index (χ1n) is 6.69. The van der Waals surface area contributed by atoms with Crippen LogP contribution >= 0.6 is 11.8 Å². The van der Waals surface area contributed by atoms with Crippen LogP contribution in [0.3, 0.4) is 0 Å². The maximum absolute atomic E-state index is 13.1. The first-order valence-corrected chi connectivity index (χ1v) is 7.68. The quantitative estimate of drug-likeness (QED) is 0.563. The zero-order chi connectivity index (χ0) is 14.4. The number of hydrogen-bond acceptors (Lipinski definition) is 2. The second kappa shape index (κ2) is 7.25. The van der Waals surface area contributed by atoms with E-state index in [1.165, 1.54) is 29.5 Å². The summed E-state index contributed by atoms with van der Waals surface area (Å²) in [5.74, 6) is 0.142. The lowest BCUT2D eigenvalue weighted by atomic mass is 10.1. The molecule has 0 N–H and O–H groups in total.